The maximum atomic E-state index is 12.6. The van der Waals surface area contributed by atoms with Gasteiger partial charge in [0.2, 0.25) is 0 Å². The molecule has 0 aliphatic carbocycles. The standard InChI is InChI=1S/C12H15ClF3N/c1-11(2,3)10(17)7-4-8(12(14,15)16)6-9(13)5-7/h4-6,10H,17H2,1-3H3/t10-/m1/s1. The molecule has 1 rings (SSSR count). The normalized spacial score (nSPS) is 14.8. The fourth-order valence-corrected chi connectivity index (χ4v) is 1.70. The molecule has 0 heterocycles. The minimum Gasteiger partial charge on any atom is -0.324 e. The second-order valence-electron chi connectivity index (χ2n) is 5.11. The Balaban J connectivity index is 3.24. The summed E-state index contributed by atoms with van der Waals surface area (Å²) in [5, 5.41) is 0.0505. The maximum absolute atomic E-state index is 12.6. The Kier molecular flexibility index (Phi) is 3.79. The lowest BCUT2D eigenvalue weighted by atomic mass is 9.82. The van der Waals surface area contributed by atoms with Gasteiger partial charge in [-0.25, -0.2) is 0 Å². The third kappa shape index (κ3) is 3.61. The zero-order chi connectivity index (χ0) is 13.4. The molecule has 1 aromatic rings. The molecule has 1 atom stereocenters. The molecule has 0 bridgehead atoms. The minimum absolute atomic E-state index is 0.0505. The zero-order valence-corrected chi connectivity index (χ0v) is 10.7. The molecule has 1 nitrogen and oxygen atoms in total. The Labute approximate surface area is 104 Å². The summed E-state index contributed by atoms with van der Waals surface area (Å²) in [4.78, 5) is 0. The molecular weight excluding hydrogens is 251 g/mol. The van der Waals surface area contributed by atoms with Crippen molar-refractivity contribution in [1.29, 1.82) is 0 Å². The van der Waals surface area contributed by atoms with Crippen LogP contribution in [0.1, 0.15) is 37.9 Å². The van der Waals surface area contributed by atoms with Gasteiger partial charge in [-0.05, 0) is 29.2 Å². The van der Waals surface area contributed by atoms with Crippen molar-refractivity contribution >= 4 is 11.6 Å². The van der Waals surface area contributed by atoms with Crippen molar-refractivity contribution in [2.75, 3.05) is 0 Å². The lowest BCUT2D eigenvalue weighted by Gasteiger charge is -2.28. The predicted molar refractivity (Wildman–Crippen MR) is 62.8 cm³/mol. The largest absolute Gasteiger partial charge is 0.416 e. The average Bonchev–Trinajstić information content (AvgIpc) is 2.12. The molecule has 0 spiro atoms. The van der Waals surface area contributed by atoms with E-state index in [1.54, 1.807) is 0 Å². The fourth-order valence-electron chi connectivity index (χ4n) is 1.46. The van der Waals surface area contributed by atoms with Crippen LogP contribution in [0.15, 0.2) is 18.2 Å². The van der Waals surface area contributed by atoms with Crippen molar-refractivity contribution < 1.29 is 13.2 Å². The van der Waals surface area contributed by atoms with E-state index in [1.807, 2.05) is 20.8 Å². The van der Waals surface area contributed by atoms with E-state index in [1.165, 1.54) is 6.07 Å². The van der Waals surface area contributed by atoms with Gasteiger partial charge in [0.1, 0.15) is 0 Å². The highest BCUT2D eigenvalue weighted by molar-refractivity contribution is 6.30. The van der Waals surface area contributed by atoms with Gasteiger partial charge in [-0.3, -0.25) is 0 Å². The first-order chi connectivity index (χ1) is 7.51. The van der Waals surface area contributed by atoms with Gasteiger partial charge < -0.3 is 5.73 Å². The Hall–Kier alpha value is -0.740. The van der Waals surface area contributed by atoms with Crippen molar-refractivity contribution in [2.45, 2.75) is 33.0 Å². The van der Waals surface area contributed by atoms with E-state index >= 15 is 0 Å². The number of benzene rings is 1. The molecule has 0 unspecified atom stereocenters. The minimum atomic E-state index is -4.41. The van der Waals surface area contributed by atoms with Gasteiger partial charge in [0.15, 0.2) is 0 Å². The summed E-state index contributed by atoms with van der Waals surface area (Å²) in [5.41, 5.74) is 5.24. The monoisotopic (exact) mass is 265 g/mol. The maximum Gasteiger partial charge on any atom is 0.416 e. The molecule has 0 aromatic heterocycles. The molecule has 0 saturated heterocycles. The van der Waals surface area contributed by atoms with Gasteiger partial charge in [0, 0.05) is 11.1 Å². The number of alkyl halides is 3. The molecule has 2 N–H and O–H groups in total. The summed E-state index contributed by atoms with van der Waals surface area (Å²) < 4.78 is 37.8. The Morgan fingerprint density at radius 1 is 1.12 bits per heavy atom. The molecule has 5 heteroatoms. The molecule has 0 amide bonds. The van der Waals surface area contributed by atoms with E-state index in [0.717, 1.165) is 12.1 Å². The van der Waals surface area contributed by atoms with Crippen LogP contribution >= 0.6 is 11.6 Å². The van der Waals surface area contributed by atoms with E-state index in [0.29, 0.717) is 5.56 Å². The van der Waals surface area contributed by atoms with Gasteiger partial charge in [-0.15, -0.1) is 0 Å². The Morgan fingerprint density at radius 3 is 2.06 bits per heavy atom. The third-order valence-electron chi connectivity index (χ3n) is 2.54. The molecule has 0 aliphatic heterocycles. The first-order valence-corrected chi connectivity index (χ1v) is 5.53. The summed E-state index contributed by atoms with van der Waals surface area (Å²) in [6, 6.07) is 2.94. The first-order valence-electron chi connectivity index (χ1n) is 5.15. The molecule has 0 radical (unpaired) electrons. The van der Waals surface area contributed by atoms with Gasteiger partial charge in [0.05, 0.1) is 5.56 Å². The van der Waals surface area contributed by atoms with E-state index < -0.39 is 17.8 Å². The highest BCUT2D eigenvalue weighted by Crippen LogP contribution is 2.36. The van der Waals surface area contributed by atoms with Gasteiger partial charge >= 0.3 is 6.18 Å². The van der Waals surface area contributed by atoms with E-state index in [-0.39, 0.29) is 10.4 Å². The van der Waals surface area contributed by atoms with E-state index in [2.05, 4.69) is 0 Å². The fraction of sp³-hybridized carbons (Fsp3) is 0.500. The van der Waals surface area contributed by atoms with Crippen molar-refractivity contribution in [3.05, 3.63) is 34.3 Å². The first kappa shape index (κ1) is 14.3. The van der Waals surface area contributed by atoms with Crippen LogP contribution in [0.2, 0.25) is 5.02 Å². The second-order valence-corrected chi connectivity index (χ2v) is 5.55. The Morgan fingerprint density at radius 2 is 1.65 bits per heavy atom. The van der Waals surface area contributed by atoms with Crippen LogP contribution in [0.3, 0.4) is 0 Å². The van der Waals surface area contributed by atoms with Gasteiger partial charge in [-0.1, -0.05) is 32.4 Å². The smallest absolute Gasteiger partial charge is 0.324 e. The number of halogens is 4. The van der Waals surface area contributed by atoms with Crippen molar-refractivity contribution in [1.82, 2.24) is 0 Å². The van der Waals surface area contributed by atoms with Crippen LogP contribution in [0, 0.1) is 5.41 Å². The third-order valence-corrected chi connectivity index (χ3v) is 2.76. The number of nitrogens with two attached hydrogens (primary N) is 1. The lowest BCUT2D eigenvalue weighted by molar-refractivity contribution is -0.137. The summed E-state index contributed by atoms with van der Waals surface area (Å²) >= 11 is 5.69. The number of rotatable bonds is 1. The lowest BCUT2D eigenvalue weighted by Crippen LogP contribution is -2.26. The van der Waals surface area contributed by atoms with Gasteiger partial charge in [0.25, 0.3) is 0 Å². The second kappa shape index (κ2) is 4.50. The molecule has 17 heavy (non-hydrogen) atoms. The summed E-state index contributed by atoms with van der Waals surface area (Å²) in [6.07, 6.45) is -4.41. The van der Waals surface area contributed by atoms with Crippen LogP contribution in [0.5, 0.6) is 0 Å². The topological polar surface area (TPSA) is 26.0 Å². The molecule has 0 fully saturated rings. The zero-order valence-electron chi connectivity index (χ0n) is 9.90. The van der Waals surface area contributed by atoms with Crippen LogP contribution in [-0.4, -0.2) is 0 Å². The summed E-state index contributed by atoms with van der Waals surface area (Å²) in [5.74, 6) is 0. The summed E-state index contributed by atoms with van der Waals surface area (Å²) in [7, 11) is 0. The van der Waals surface area contributed by atoms with Crippen LogP contribution in [-0.2, 0) is 6.18 Å². The average molecular weight is 266 g/mol. The number of hydrogen-bond acceptors (Lipinski definition) is 1. The van der Waals surface area contributed by atoms with Gasteiger partial charge in [-0.2, -0.15) is 13.2 Å². The van der Waals surface area contributed by atoms with Crippen LogP contribution < -0.4 is 5.73 Å². The highest BCUT2D eigenvalue weighted by Gasteiger charge is 2.32. The SMILES string of the molecule is CC(C)(C)[C@H](N)c1cc(Cl)cc(C(F)(F)F)c1. The summed E-state index contributed by atoms with van der Waals surface area (Å²) in [6.45, 7) is 5.60. The quantitative estimate of drug-likeness (QED) is 0.800. The van der Waals surface area contributed by atoms with Crippen molar-refractivity contribution in [3.63, 3.8) is 0 Å². The number of hydrogen-bond donors (Lipinski definition) is 1. The molecular formula is C12H15ClF3N. The molecule has 0 saturated carbocycles. The molecule has 96 valence electrons. The predicted octanol–water partition coefficient (Wildman–Crippen LogP) is 4.40. The van der Waals surface area contributed by atoms with Crippen molar-refractivity contribution in [2.24, 2.45) is 11.1 Å². The van der Waals surface area contributed by atoms with Crippen molar-refractivity contribution in [3.8, 4) is 0 Å². The van der Waals surface area contributed by atoms with Crippen LogP contribution in [0.25, 0.3) is 0 Å². The molecule has 0 aliphatic rings. The Bertz CT molecular complexity index is 407. The van der Waals surface area contributed by atoms with Crippen LogP contribution in [0.4, 0.5) is 13.2 Å². The van der Waals surface area contributed by atoms with E-state index in [9.17, 15) is 13.2 Å². The highest BCUT2D eigenvalue weighted by atomic mass is 35.5. The molecule has 1 aromatic carbocycles. The van der Waals surface area contributed by atoms with E-state index in [4.69, 9.17) is 17.3 Å².